The van der Waals surface area contributed by atoms with Crippen LogP contribution in [-0.4, -0.2) is 33.1 Å². The normalized spacial score (nSPS) is 12.8. The highest BCUT2D eigenvalue weighted by atomic mass is 32.1. The maximum Gasteiger partial charge on any atom is 0.191 e. The van der Waals surface area contributed by atoms with E-state index in [1.807, 2.05) is 0 Å². The molecule has 0 fully saturated rings. The number of aliphatic imine (C=N–C) groups is 1. The van der Waals surface area contributed by atoms with Crippen molar-refractivity contribution in [1.29, 1.82) is 0 Å². The molecule has 0 aliphatic carbocycles. The van der Waals surface area contributed by atoms with Gasteiger partial charge in [0.05, 0.1) is 6.54 Å². The number of nitrogens with zero attached hydrogens (tertiary/aromatic N) is 2. The molecule has 0 saturated carbocycles. The van der Waals surface area contributed by atoms with Crippen molar-refractivity contribution in [3.05, 3.63) is 52.2 Å². The molecule has 2 aromatic rings. The SMILES string of the molecule is CCNC(=NCc1ccc(N(C)C)cc1)NCC(C)c1cccs1. The summed E-state index contributed by atoms with van der Waals surface area (Å²) in [6, 6.07) is 12.8. The van der Waals surface area contributed by atoms with E-state index in [-0.39, 0.29) is 0 Å². The highest BCUT2D eigenvalue weighted by molar-refractivity contribution is 7.10. The highest BCUT2D eigenvalue weighted by Gasteiger charge is 2.07. The van der Waals surface area contributed by atoms with Gasteiger partial charge in [-0.1, -0.05) is 25.1 Å². The van der Waals surface area contributed by atoms with Crippen molar-refractivity contribution in [3.8, 4) is 0 Å². The molecular weight excluding hydrogens is 316 g/mol. The van der Waals surface area contributed by atoms with Crippen LogP contribution in [0.1, 0.15) is 30.2 Å². The molecule has 0 aliphatic heterocycles. The van der Waals surface area contributed by atoms with Crippen molar-refractivity contribution >= 4 is 23.0 Å². The van der Waals surface area contributed by atoms with Crippen LogP contribution in [0.4, 0.5) is 5.69 Å². The van der Waals surface area contributed by atoms with E-state index in [0.717, 1.165) is 19.0 Å². The number of hydrogen-bond donors (Lipinski definition) is 2. The van der Waals surface area contributed by atoms with Gasteiger partial charge in [0.15, 0.2) is 5.96 Å². The van der Waals surface area contributed by atoms with Gasteiger partial charge in [0.25, 0.3) is 0 Å². The highest BCUT2D eigenvalue weighted by Crippen LogP contribution is 2.19. The predicted octanol–water partition coefficient (Wildman–Crippen LogP) is 3.67. The summed E-state index contributed by atoms with van der Waals surface area (Å²) in [5.74, 6) is 1.35. The fraction of sp³-hybridized carbons (Fsp3) is 0.421. The van der Waals surface area contributed by atoms with Crippen molar-refractivity contribution < 1.29 is 0 Å². The molecule has 0 spiro atoms. The van der Waals surface area contributed by atoms with Crippen LogP contribution in [0.2, 0.25) is 0 Å². The van der Waals surface area contributed by atoms with Gasteiger partial charge in [-0.3, -0.25) is 0 Å². The minimum absolute atomic E-state index is 0.480. The number of benzene rings is 1. The summed E-state index contributed by atoms with van der Waals surface area (Å²) in [5, 5.41) is 8.89. The molecule has 1 aromatic heterocycles. The van der Waals surface area contributed by atoms with Crippen LogP contribution >= 0.6 is 11.3 Å². The minimum Gasteiger partial charge on any atom is -0.378 e. The number of rotatable bonds is 7. The molecule has 0 radical (unpaired) electrons. The first-order valence-electron chi connectivity index (χ1n) is 8.42. The molecule has 1 unspecified atom stereocenters. The van der Waals surface area contributed by atoms with Crippen LogP contribution in [0.3, 0.4) is 0 Å². The van der Waals surface area contributed by atoms with Gasteiger partial charge >= 0.3 is 0 Å². The Hall–Kier alpha value is -2.01. The van der Waals surface area contributed by atoms with Gasteiger partial charge in [0.1, 0.15) is 0 Å². The van der Waals surface area contributed by atoms with Crippen molar-refractivity contribution in [3.63, 3.8) is 0 Å². The standard InChI is InChI=1S/C19H28N4S/c1-5-20-19(21-13-15(2)18-7-6-12-24-18)22-14-16-8-10-17(11-9-16)23(3)4/h6-12,15H,5,13-14H2,1-4H3,(H2,20,21,22). The van der Waals surface area contributed by atoms with Crippen LogP contribution in [-0.2, 0) is 6.54 Å². The quantitative estimate of drug-likeness (QED) is 0.595. The van der Waals surface area contributed by atoms with Crippen LogP contribution in [0.25, 0.3) is 0 Å². The second-order valence-electron chi connectivity index (χ2n) is 6.05. The maximum absolute atomic E-state index is 4.70. The van der Waals surface area contributed by atoms with Crippen molar-refractivity contribution in [2.45, 2.75) is 26.3 Å². The Labute approximate surface area is 149 Å². The average Bonchev–Trinajstić information content (AvgIpc) is 3.12. The fourth-order valence-corrected chi connectivity index (χ4v) is 3.12. The van der Waals surface area contributed by atoms with E-state index >= 15 is 0 Å². The first-order chi connectivity index (χ1) is 11.6. The second kappa shape index (κ2) is 9.33. The third kappa shape index (κ3) is 5.57. The Bertz CT molecular complexity index is 617. The summed E-state index contributed by atoms with van der Waals surface area (Å²) in [5.41, 5.74) is 2.42. The molecule has 130 valence electrons. The zero-order valence-corrected chi connectivity index (χ0v) is 15.9. The zero-order chi connectivity index (χ0) is 17.4. The number of hydrogen-bond acceptors (Lipinski definition) is 3. The summed E-state index contributed by atoms with van der Waals surface area (Å²) >= 11 is 1.81. The average molecular weight is 345 g/mol. The van der Waals surface area contributed by atoms with E-state index in [0.29, 0.717) is 12.5 Å². The monoisotopic (exact) mass is 344 g/mol. The molecule has 2 rings (SSSR count). The molecule has 5 heteroatoms. The third-order valence-corrected chi connectivity index (χ3v) is 4.93. The lowest BCUT2D eigenvalue weighted by atomic mass is 10.1. The van der Waals surface area contributed by atoms with Gasteiger partial charge in [-0.25, -0.2) is 4.99 Å². The Balaban J connectivity index is 1.92. The van der Waals surface area contributed by atoms with Crippen LogP contribution in [0.15, 0.2) is 46.8 Å². The number of thiophene rings is 1. The topological polar surface area (TPSA) is 39.7 Å². The van der Waals surface area contributed by atoms with Gasteiger partial charge in [-0.05, 0) is 36.1 Å². The van der Waals surface area contributed by atoms with E-state index in [1.165, 1.54) is 16.1 Å². The fourth-order valence-electron chi connectivity index (χ4n) is 2.33. The van der Waals surface area contributed by atoms with Gasteiger partial charge in [0.2, 0.25) is 0 Å². The summed E-state index contributed by atoms with van der Waals surface area (Å²) in [6.07, 6.45) is 0. The lowest BCUT2D eigenvalue weighted by Crippen LogP contribution is -2.39. The Kier molecular flexibility index (Phi) is 7.12. The Morgan fingerprint density at radius 1 is 1.17 bits per heavy atom. The first-order valence-corrected chi connectivity index (χ1v) is 9.30. The second-order valence-corrected chi connectivity index (χ2v) is 7.03. The smallest absolute Gasteiger partial charge is 0.191 e. The molecule has 0 saturated heterocycles. The lowest BCUT2D eigenvalue weighted by molar-refractivity contribution is 0.709. The summed E-state index contributed by atoms with van der Waals surface area (Å²) in [4.78, 5) is 8.20. The summed E-state index contributed by atoms with van der Waals surface area (Å²) in [6.45, 7) is 6.75. The van der Waals surface area contributed by atoms with Crippen molar-refractivity contribution in [2.24, 2.45) is 4.99 Å². The molecule has 24 heavy (non-hydrogen) atoms. The molecule has 4 nitrogen and oxygen atoms in total. The summed E-state index contributed by atoms with van der Waals surface area (Å²) in [7, 11) is 4.10. The van der Waals surface area contributed by atoms with E-state index in [4.69, 9.17) is 4.99 Å². The maximum atomic E-state index is 4.70. The Morgan fingerprint density at radius 3 is 2.50 bits per heavy atom. The van der Waals surface area contributed by atoms with E-state index in [2.05, 4.69) is 85.3 Å². The van der Waals surface area contributed by atoms with Gasteiger partial charge in [-0.15, -0.1) is 11.3 Å². The Morgan fingerprint density at radius 2 is 1.92 bits per heavy atom. The van der Waals surface area contributed by atoms with Crippen LogP contribution < -0.4 is 15.5 Å². The van der Waals surface area contributed by atoms with E-state index < -0.39 is 0 Å². The molecule has 1 atom stereocenters. The number of guanidine groups is 1. The molecule has 0 bridgehead atoms. The van der Waals surface area contributed by atoms with Gasteiger partial charge in [-0.2, -0.15) is 0 Å². The third-order valence-electron chi connectivity index (χ3n) is 3.82. The molecule has 1 aromatic carbocycles. The number of anilines is 1. The summed E-state index contributed by atoms with van der Waals surface area (Å²) < 4.78 is 0. The lowest BCUT2D eigenvalue weighted by Gasteiger charge is -2.15. The van der Waals surface area contributed by atoms with Crippen LogP contribution in [0, 0.1) is 0 Å². The van der Waals surface area contributed by atoms with E-state index in [9.17, 15) is 0 Å². The first kappa shape index (κ1) is 18.3. The minimum atomic E-state index is 0.480. The molecule has 0 aliphatic rings. The number of nitrogens with one attached hydrogen (secondary N) is 2. The molecule has 2 N–H and O–H groups in total. The van der Waals surface area contributed by atoms with Gasteiger partial charge < -0.3 is 15.5 Å². The predicted molar refractivity (Wildman–Crippen MR) is 106 cm³/mol. The van der Waals surface area contributed by atoms with Gasteiger partial charge in [0, 0.05) is 43.7 Å². The zero-order valence-electron chi connectivity index (χ0n) is 15.0. The van der Waals surface area contributed by atoms with Crippen molar-refractivity contribution in [1.82, 2.24) is 10.6 Å². The van der Waals surface area contributed by atoms with Crippen LogP contribution in [0.5, 0.6) is 0 Å². The largest absolute Gasteiger partial charge is 0.378 e. The molecule has 1 heterocycles. The van der Waals surface area contributed by atoms with E-state index in [1.54, 1.807) is 11.3 Å². The molecular formula is C19H28N4S. The van der Waals surface area contributed by atoms with Crippen molar-refractivity contribution in [2.75, 3.05) is 32.1 Å². The molecule has 0 amide bonds.